The predicted molar refractivity (Wildman–Crippen MR) is 81.6 cm³/mol. The lowest BCUT2D eigenvalue weighted by Gasteiger charge is -2.08. The maximum absolute atomic E-state index is 11.3. The third kappa shape index (κ3) is 3.25. The van der Waals surface area contributed by atoms with Crippen molar-refractivity contribution in [2.24, 2.45) is 0 Å². The largest absolute Gasteiger partial charge is 0.298 e. The summed E-state index contributed by atoms with van der Waals surface area (Å²) < 4.78 is 0. The molecule has 0 aliphatic rings. The van der Waals surface area contributed by atoms with Gasteiger partial charge in [-0.2, -0.15) is 0 Å². The topological polar surface area (TPSA) is 17.1 Å². The average Bonchev–Trinajstić information content (AvgIpc) is 2.42. The molecule has 0 unspecified atom stereocenters. The Morgan fingerprint density at radius 1 is 1.05 bits per heavy atom. The number of aldehydes is 1. The molecule has 0 N–H and O–H groups in total. The summed E-state index contributed by atoms with van der Waals surface area (Å²) in [6, 6.07) is 13.2. The van der Waals surface area contributed by atoms with Crippen LogP contribution in [0.15, 0.2) is 42.5 Å². The zero-order chi connectivity index (χ0) is 13.8. The van der Waals surface area contributed by atoms with E-state index in [4.69, 9.17) is 23.2 Å². The minimum absolute atomic E-state index is 0.447. The predicted octanol–water partition coefficient (Wildman–Crippen LogP) is 5.04. The molecule has 2 aromatic rings. The second kappa shape index (κ2) is 6.05. The molecule has 2 rings (SSSR count). The first kappa shape index (κ1) is 13.9. The van der Waals surface area contributed by atoms with Crippen LogP contribution in [0.25, 0.3) is 11.6 Å². The van der Waals surface area contributed by atoms with E-state index < -0.39 is 0 Å². The first-order valence-electron chi connectivity index (χ1n) is 5.80. The molecular weight excluding hydrogens is 279 g/mol. The summed E-state index contributed by atoms with van der Waals surface area (Å²) in [5, 5.41) is 0.941. The monoisotopic (exact) mass is 290 g/mol. The Morgan fingerprint density at radius 2 is 1.68 bits per heavy atom. The quantitative estimate of drug-likeness (QED) is 0.440. The van der Waals surface area contributed by atoms with Crippen molar-refractivity contribution in [2.75, 3.05) is 0 Å². The zero-order valence-corrected chi connectivity index (χ0v) is 11.9. The van der Waals surface area contributed by atoms with Crippen LogP contribution in [0.3, 0.4) is 0 Å². The molecule has 19 heavy (non-hydrogen) atoms. The van der Waals surface area contributed by atoms with E-state index in [0.717, 1.165) is 23.0 Å². The number of allylic oxidation sites excluding steroid dienone is 1. The maximum Gasteiger partial charge on any atom is 0.150 e. The summed E-state index contributed by atoms with van der Waals surface area (Å²) in [5.74, 6) is 0. The van der Waals surface area contributed by atoms with Gasteiger partial charge in [-0.05, 0) is 41.8 Å². The SMILES string of the molecule is Cc1cc(Cl)c(Cl)cc1C(C=O)=Cc1ccccc1. The van der Waals surface area contributed by atoms with Crippen LogP contribution in [0, 0.1) is 6.92 Å². The molecule has 2 aromatic carbocycles. The Balaban J connectivity index is 2.52. The number of hydrogen-bond acceptors (Lipinski definition) is 1. The lowest BCUT2D eigenvalue weighted by Crippen LogP contribution is -1.91. The van der Waals surface area contributed by atoms with Gasteiger partial charge < -0.3 is 0 Å². The normalized spacial score (nSPS) is 11.4. The number of rotatable bonds is 3. The van der Waals surface area contributed by atoms with E-state index in [0.29, 0.717) is 15.6 Å². The molecule has 0 atom stereocenters. The fourth-order valence-corrected chi connectivity index (χ4v) is 2.24. The Morgan fingerprint density at radius 3 is 2.32 bits per heavy atom. The molecule has 0 spiro atoms. The fraction of sp³-hybridized carbons (Fsp3) is 0.0625. The Hall–Kier alpha value is -1.57. The summed E-state index contributed by atoms with van der Waals surface area (Å²) in [6.07, 6.45) is 2.67. The lowest BCUT2D eigenvalue weighted by atomic mass is 9.99. The molecule has 0 saturated heterocycles. The second-order valence-electron chi connectivity index (χ2n) is 4.21. The van der Waals surface area contributed by atoms with Crippen molar-refractivity contribution in [1.82, 2.24) is 0 Å². The summed E-state index contributed by atoms with van der Waals surface area (Å²) in [5.41, 5.74) is 3.27. The van der Waals surface area contributed by atoms with Crippen molar-refractivity contribution in [2.45, 2.75) is 6.92 Å². The van der Waals surface area contributed by atoms with E-state index in [1.54, 1.807) is 12.1 Å². The van der Waals surface area contributed by atoms with Crippen LogP contribution in [-0.2, 0) is 4.79 Å². The van der Waals surface area contributed by atoms with Crippen LogP contribution in [-0.4, -0.2) is 6.29 Å². The summed E-state index contributed by atoms with van der Waals surface area (Å²) in [4.78, 5) is 11.3. The van der Waals surface area contributed by atoms with E-state index in [9.17, 15) is 4.79 Å². The Kier molecular flexibility index (Phi) is 4.41. The molecular formula is C16H12Cl2O. The molecule has 0 heterocycles. The molecule has 3 heteroatoms. The smallest absolute Gasteiger partial charge is 0.150 e. The van der Waals surface area contributed by atoms with Crippen molar-refractivity contribution in [3.8, 4) is 0 Å². The highest BCUT2D eigenvalue weighted by molar-refractivity contribution is 6.42. The molecule has 96 valence electrons. The van der Waals surface area contributed by atoms with E-state index >= 15 is 0 Å². The first-order valence-corrected chi connectivity index (χ1v) is 6.55. The van der Waals surface area contributed by atoms with Crippen molar-refractivity contribution in [3.63, 3.8) is 0 Å². The molecule has 1 nitrogen and oxygen atoms in total. The summed E-state index contributed by atoms with van der Waals surface area (Å²) >= 11 is 12.0. The molecule has 0 aromatic heterocycles. The van der Waals surface area contributed by atoms with Crippen LogP contribution >= 0.6 is 23.2 Å². The van der Waals surface area contributed by atoms with Gasteiger partial charge in [-0.3, -0.25) is 4.79 Å². The van der Waals surface area contributed by atoms with E-state index in [2.05, 4.69) is 0 Å². The van der Waals surface area contributed by atoms with Crippen LogP contribution < -0.4 is 0 Å². The van der Waals surface area contributed by atoms with Gasteiger partial charge in [0.15, 0.2) is 6.29 Å². The second-order valence-corrected chi connectivity index (χ2v) is 5.02. The van der Waals surface area contributed by atoms with Crippen molar-refractivity contribution in [1.29, 1.82) is 0 Å². The molecule has 0 aliphatic carbocycles. The highest BCUT2D eigenvalue weighted by Gasteiger charge is 2.08. The summed E-state index contributed by atoms with van der Waals surface area (Å²) in [6.45, 7) is 1.90. The fourth-order valence-electron chi connectivity index (χ4n) is 1.86. The van der Waals surface area contributed by atoms with Gasteiger partial charge in [0.05, 0.1) is 10.0 Å². The van der Waals surface area contributed by atoms with Crippen molar-refractivity contribution >= 4 is 41.1 Å². The van der Waals surface area contributed by atoms with Gasteiger partial charge >= 0.3 is 0 Å². The number of benzene rings is 2. The molecule has 0 amide bonds. The third-order valence-electron chi connectivity index (χ3n) is 2.83. The average molecular weight is 291 g/mol. The number of halogens is 2. The van der Waals surface area contributed by atoms with E-state index in [1.807, 2.05) is 43.3 Å². The molecule has 0 bridgehead atoms. The van der Waals surface area contributed by atoms with Gasteiger partial charge in [-0.1, -0.05) is 53.5 Å². The Bertz CT molecular complexity index is 631. The third-order valence-corrected chi connectivity index (χ3v) is 3.55. The van der Waals surface area contributed by atoms with Crippen LogP contribution in [0.5, 0.6) is 0 Å². The molecule has 0 radical (unpaired) electrons. The highest BCUT2D eigenvalue weighted by Crippen LogP contribution is 2.29. The zero-order valence-electron chi connectivity index (χ0n) is 10.4. The van der Waals surface area contributed by atoms with E-state index in [1.165, 1.54) is 0 Å². The van der Waals surface area contributed by atoms with Crippen LogP contribution in [0.2, 0.25) is 10.0 Å². The standard InChI is InChI=1S/C16H12Cl2O/c1-11-7-15(17)16(18)9-14(11)13(10-19)8-12-5-3-2-4-6-12/h2-10H,1H3. The minimum Gasteiger partial charge on any atom is -0.298 e. The number of carbonyl (C=O) groups excluding carboxylic acids is 1. The summed E-state index contributed by atoms with van der Waals surface area (Å²) in [7, 11) is 0. The van der Waals surface area contributed by atoms with Gasteiger partial charge in [-0.15, -0.1) is 0 Å². The molecule has 0 saturated carbocycles. The van der Waals surface area contributed by atoms with Gasteiger partial charge in [0, 0.05) is 5.57 Å². The van der Waals surface area contributed by atoms with Crippen LogP contribution in [0.1, 0.15) is 16.7 Å². The number of aryl methyl sites for hydroxylation is 1. The minimum atomic E-state index is 0.447. The van der Waals surface area contributed by atoms with Gasteiger partial charge in [0.1, 0.15) is 0 Å². The van der Waals surface area contributed by atoms with Gasteiger partial charge in [0.2, 0.25) is 0 Å². The Labute approximate surface area is 122 Å². The molecule has 0 fully saturated rings. The number of hydrogen-bond donors (Lipinski definition) is 0. The van der Waals surface area contributed by atoms with Gasteiger partial charge in [-0.25, -0.2) is 0 Å². The van der Waals surface area contributed by atoms with Crippen molar-refractivity contribution < 1.29 is 4.79 Å². The van der Waals surface area contributed by atoms with Gasteiger partial charge in [0.25, 0.3) is 0 Å². The van der Waals surface area contributed by atoms with Crippen molar-refractivity contribution in [3.05, 3.63) is 69.2 Å². The van der Waals surface area contributed by atoms with Crippen LogP contribution in [0.4, 0.5) is 0 Å². The molecule has 0 aliphatic heterocycles. The first-order chi connectivity index (χ1) is 9.11. The lowest BCUT2D eigenvalue weighted by molar-refractivity contribution is -0.103. The number of carbonyl (C=O) groups is 1. The maximum atomic E-state index is 11.3. The van der Waals surface area contributed by atoms with E-state index in [-0.39, 0.29) is 0 Å². The highest BCUT2D eigenvalue weighted by atomic mass is 35.5.